The molecule has 2 aromatic carbocycles. The lowest BCUT2D eigenvalue weighted by Crippen LogP contribution is -2.54. The number of carbonyl (C=O) groups excluding carboxylic acids is 1. The number of hydrogen-bond donors (Lipinski definition) is 3. The number of rotatable bonds is 6. The lowest BCUT2D eigenvalue weighted by atomic mass is 9.90. The van der Waals surface area contributed by atoms with E-state index in [0.29, 0.717) is 18.9 Å². The summed E-state index contributed by atoms with van der Waals surface area (Å²) in [6.07, 6.45) is 3.98. The van der Waals surface area contributed by atoms with Gasteiger partial charge in [-0.3, -0.25) is 4.79 Å². The summed E-state index contributed by atoms with van der Waals surface area (Å²) in [6.45, 7) is 6.06. The largest absolute Gasteiger partial charge is 0.497 e. The molecule has 0 radical (unpaired) electrons. The van der Waals surface area contributed by atoms with Gasteiger partial charge in [0.1, 0.15) is 11.6 Å². The van der Waals surface area contributed by atoms with Crippen molar-refractivity contribution in [2.24, 2.45) is 16.5 Å². The minimum atomic E-state index is -0.161. The Balaban J connectivity index is 1.39. The fourth-order valence-corrected chi connectivity index (χ4v) is 5.69. The Hall–Kier alpha value is -4.08. The average Bonchev–Trinajstić information content (AvgIpc) is 2.93. The van der Waals surface area contributed by atoms with Crippen LogP contribution in [-0.2, 0) is 0 Å². The average molecular weight is 531 g/mol. The zero-order valence-electron chi connectivity index (χ0n) is 22.9. The fraction of sp³-hybridized carbons (Fsp3) is 0.448. The van der Waals surface area contributed by atoms with Gasteiger partial charge in [0.2, 0.25) is 5.82 Å². The predicted octanol–water partition coefficient (Wildman–Crippen LogP) is 3.29. The van der Waals surface area contributed by atoms with Crippen LogP contribution < -0.4 is 26.4 Å². The molecule has 1 saturated heterocycles. The minimum absolute atomic E-state index is 0.0236. The second-order valence-electron chi connectivity index (χ2n) is 10.6. The molecule has 1 aromatic heterocycles. The molecule has 206 valence electrons. The second-order valence-corrected chi connectivity index (χ2v) is 10.6. The number of piperazine rings is 1. The number of hydrogen-bond acceptors (Lipinski definition) is 7. The fourth-order valence-electron chi connectivity index (χ4n) is 5.69. The highest BCUT2D eigenvalue weighted by Crippen LogP contribution is 2.29. The van der Waals surface area contributed by atoms with Crippen LogP contribution in [0.15, 0.2) is 47.5 Å². The van der Waals surface area contributed by atoms with Crippen molar-refractivity contribution in [3.05, 3.63) is 53.9 Å². The number of amides is 1. The summed E-state index contributed by atoms with van der Waals surface area (Å²) >= 11 is 0. The maximum Gasteiger partial charge on any atom is 0.291 e. The van der Waals surface area contributed by atoms with Gasteiger partial charge in [-0.25, -0.2) is 15.0 Å². The third-order valence-electron chi connectivity index (χ3n) is 7.73. The molecule has 5 rings (SSSR count). The first-order valence-corrected chi connectivity index (χ1v) is 13.7. The monoisotopic (exact) mass is 530 g/mol. The molecule has 39 heavy (non-hydrogen) atoms. The number of aliphatic imine (C=N–C) groups is 1. The normalized spacial score (nSPS) is 21.5. The number of aromatic nitrogens is 2. The molecule has 10 nitrogen and oxygen atoms in total. The molecule has 0 spiro atoms. The third-order valence-corrected chi connectivity index (χ3v) is 7.73. The van der Waals surface area contributed by atoms with Crippen molar-refractivity contribution < 1.29 is 9.53 Å². The molecule has 1 aliphatic heterocycles. The summed E-state index contributed by atoms with van der Waals surface area (Å²) in [5.41, 5.74) is 14.4. The van der Waals surface area contributed by atoms with Gasteiger partial charge < -0.3 is 31.3 Å². The van der Waals surface area contributed by atoms with E-state index in [-0.39, 0.29) is 35.8 Å². The van der Waals surface area contributed by atoms with E-state index in [1.165, 1.54) is 0 Å². The third kappa shape index (κ3) is 5.84. The lowest BCUT2D eigenvalue weighted by Gasteiger charge is -2.41. The van der Waals surface area contributed by atoms with E-state index >= 15 is 0 Å². The molecule has 10 heteroatoms. The van der Waals surface area contributed by atoms with Crippen molar-refractivity contribution in [2.75, 3.05) is 37.0 Å². The zero-order valence-corrected chi connectivity index (χ0v) is 22.9. The summed E-state index contributed by atoms with van der Waals surface area (Å²) in [5, 5.41) is 4.48. The summed E-state index contributed by atoms with van der Waals surface area (Å²) in [6, 6.07) is 14.2. The van der Waals surface area contributed by atoms with Gasteiger partial charge in [-0.15, -0.1) is 0 Å². The second kappa shape index (κ2) is 11.3. The van der Waals surface area contributed by atoms with E-state index in [1.54, 1.807) is 7.11 Å². The number of fused-ring (bicyclic) bond motifs is 1. The number of anilines is 2. The first kappa shape index (κ1) is 26.5. The maximum atomic E-state index is 13.7. The van der Waals surface area contributed by atoms with Crippen LogP contribution in [0.1, 0.15) is 48.8 Å². The van der Waals surface area contributed by atoms with Crippen molar-refractivity contribution in [1.29, 1.82) is 0 Å². The van der Waals surface area contributed by atoms with Crippen molar-refractivity contribution >= 4 is 34.3 Å². The van der Waals surface area contributed by atoms with Crippen LogP contribution in [0.5, 0.6) is 5.75 Å². The minimum Gasteiger partial charge on any atom is -0.497 e. The van der Waals surface area contributed by atoms with Gasteiger partial charge in [0.15, 0.2) is 5.96 Å². The number of nitrogens with two attached hydrogens (primary N) is 2. The Morgan fingerprint density at radius 2 is 1.85 bits per heavy atom. The Kier molecular flexibility index (Phi) is 7.72. The van der Waals surface area contributed by atoms with Gasteiger partial charge in [-0.05, 0) is 63.1 Å². The number of nitrogens with one attached hydrogen (secondary N) is 1. The number of methoxy groups -OCH3 is 1. The van der Waals surface area contributed by atoms with Crippen LogP contribution in [0.3, 0.4) is 0 Å². The maximum absolute atomic E-state index is 13.7. The van der Waals surface area contributed by atoms with E-state index in [4.69, 9.17) is 26.2 Å². The number of benzene rings is 2. The first-order chi connectivity index (χ1) is 18.8. The van der Waals surface area contributed by atoms with Crippen LogP contribution in [0.2, 0.25) is 0 Å². The lowest BCUT2D eigenvalue weighted by molar-refractivity contribution is 0.0714. The molecule has 3 unspecified atom stereocenters. The summed E-state index contributed by atoms with van der Waals surface area (Å²) < 4.78 is 5.29. The van der Waals surface area contributed by atoms with Gasteiger partial charge in [0, 0.05) is 36.7 Å². The van der Waals surface area contributed by atoms with Crippen molar-refractivity contribution in [3.63, 3.8) is 0 Å². The molecule has 3 atom stereocenters. The number of nitrogens with zero attached hydrogens (tertiary/aromatic N) is 5. The van der Waals surface area contributed by atoms with E-state index in [0.717, 1.165) is 60.1 Å². The number of guanidine groups is 1. The molecular formula is C29H38N8O2. The first-order valence-electron chi connectivity index (χ1n) is 13.7. The van der Waals surface area contributed by atoms with Crippen molar-refractivity contribution in [1.82, 2.24) is 14.9 Å². The number of aryl methyl sites for hydroxylation is 1. The van der Waals surface area contributed by atoms with E-state index in [9.17, 15) is 4.79 Å². The predicted molar refractivity (Wildman–Crippen MR) is 155 cm³/mol. The van der Waals surface area contributed by atoms with Crippen molar-refractivity contribution in [3.8, 4) is 5.75 Å². The zero-order chi connectivity index (χ0) is 27.5. The van der Waals surface area contributed by atoms with E-state index < -0.39 is 0 Å². The van der Waals surface area contributed by atoms with E-state index in [2.05, 4.69) is 40.3 Å². The number of carbonyl (C=O) groups is 1. The molecule has 1 amide bonds. The van der Waals surface area contributed by atoms with Gasteiger partial charge in [0.05, 0.1) is 24.7 Å². The Morgan fingerprint density at radius 3 is 2.56 bits per heavy atom. The molecule has 2 heterocycles. The molecule has 0 bridgehead atoms. The van der Waals surface area contributed by atoms with Gasteiger partial charge in [0.25, 0.3) is 5.91 Å². The highest BCUT2D eigenvalue weighted by Gasteiger charge is 2.30. The summed E-state index contributed by atoms with van der Waals surface area (Å²) in [5.74, 6) is 1.61. The molecular weight excluding hydrogens is 492 g/mol. The Bertz CT molecular complexity index is 1360. The SMILES string of the molecule is COc1ccc(N2CCN(C(=O)c3nc(NC4CCCCC4N=C(N)N)c4cc(C)ccc4n3)CC2C)cc1. The summed E-state index contributed by atoms with van der Waals surface area (Å²) in [7, 11) is 1.66. The quantitative estimate of drug-likeness (QED) is 0.326. The van der Waals surface area contributed by atoms with Crippen LogP contribution >= 0.6 is 0 Å². The van der Waals surface area contributed by atoms with Gasteiger partial charge in [-0.1, -0.05) is 24.5 Å². The molecule has 1 saturated carbocycles. The van der Waals surface area contributed by atoms with Crippen LogP contribution in [-0.4, -0.2) is 71.6 Å². The molecule has 2 fully saturated rings. The molecule has 1 aliphatic carbocycles. The number of ether oxygens (including phenoxy) is 1. The molecule has 3 aromatic rings. The highest BCUT2D eigenvalue weighted by molar-refractivity contribution is 5.97. The van der Waals surface area contributed by atoms with E-state index in [1.807, 2.05) is 36.1 Å². The van der Waals surface area contributed by atoms with Crippen LogP contribution in [0, 0.1) is 6.92 Å². The van der Waals surface area contributed by atoms with Crippen molar-refractivity contribution in [2.45, 2.75) is 57.7 Å². The molecule has 5 N–H and O–H groups in total. The topological polar surface area (TPSA) is 135 Å². The van der Waals surface area contributed by atoms with Gasteiger partial charge >= 0.3 is 0 Å². The highest BCUT2D eigenvalue weighted by atomic mass is 16.5. The standard InChI is InChI=1S/C29H38N8O2/c1-18-8-13-23-22(16-18)26(33-24-6-4-5-7-25(24)34-29(30)31)35-27(32-23)28(38)36-14-15-37(19(2)17-36)20-9-11-21(39-3)12-10-20/h8-13,16,19,24-25H,4-7,14-15,17H2,1-3H3,(H4,30,31,34)(H,32,33,35). The summed E-state index contributed by atoms with van der Waals surface area (Å²) in [4.78, 5) is 31.8. The Morgan fingerprint density at radius 1 is 1.08 bits per heavy atom. The Labute approximate surface area is 229 Å². The van der Waals surface area contributed by atoms with Gasteiger partial charge in [-0.2, -0.15) is 0 Å². The smallest absolute Gasteiger partial charge is 0.291 e. The van der Waals surface area contributed by atoms with Crippen LogP contribution in [0.4, 0.5) is 11.5 Å². The van der Waals surface area contributed by atoms with Crippen LogP contribution in [0.25, 0.3) is 10.9 Å². The molecule has 2 aliphatic rings.